The van der Waals surface area contributed by atoms with Crippen molar-refractivity contribution < 1.29 is 9.53 Å². The Morgan fingerprint density at radius 1 is 1.09 bits per heavy atom. The van der Waals surface area contributed by atoms with Crippen LogP contribution in [0.4, 0.5) is 0 Å². The molecule has 1 unspecified atom stereocenters. The van der Waals surface area contributed by atoms with Crippen LogP contribution in [0.15, 0.2) is 54.6 Å². The van der Waals surface area contributed by atoms with Crippen LogP contribution in [0.25, 0.3) is 0 Å². The Kier molecular flexibility index (Phi) is 8.33. The van der Waals surface area contributed by atoms with Gasteiger partial charge >= 0.3 is 0 Å². The van der Waals surface area contributed by atoms with Gasteiger partial charge in [0, 0.05) is 26.1 Å². The van der Waals surface area contributed by atoms with Crippen LogP contribution in [0.1, 0.15) is 29.2 Å². The molecule has 0 saturated carbocycles. The van der Waals surface area contributed by atoms with Gasteiger partial charge in [-0.05, 0) is 16.7 Å². The van der Waals surface area contributed by atoms with Crippen LogP contribution in [-0.4, -0.2) is 13.0 Å². The average molecular weight is 335 g/mol. The molecule has 0 aliphatic carbocycles. The second kappa shape index (κ2) is 10.0. The second-order valence-corrected chi connectivity index (χ2v) is 5.20. The Morgan fingerprint density at radius 2 is 1.70 bits per heavy atom. The van der Waals surface area contributed by atoms with E-state index in [1.54, 1.807) is 7.11 Å². The van der Waals surface area contributed by atoms with Crippen LogP contribution in [0, 0.1) is 0 Å². The summed E-state index contributed by atoms with van der Waals surface area (Å²) in [5.41, 5.74) is 9.17. The van der Waals surface area contributed by atoms with E-state index in [1.807, 2.05) is 54.6 Å². The first kappa shape index (κ1) is 19.2. The van der Waals surface area contributed by atoms with Gasteiger partial charge in [0.15, 0.2) is 0 Å². The Morgan fingerprint density at radius 3 is 2.35 bits per heavy atom. The minimum absolute atomic E-state index is 0. The summed E-state index contributed by atoms with van der Waals surface area (Å²) < 4.78 is 5.17. The number of ether oxygens (including phenoxy) is 1. The lowest BCUT2D eigenvalue weighted by molar-refractivity contribution is -0.121. The molecule has 0 aliphatic heterocycles. The Labute approximate surface area is 143 Å². The fourth-order valence-corrected chi connectivity index (χ4v) is 2.31. The summed E-state index contributed by atoms with van der Waals surface area (Å²) in [6.07, 6.45) is 0.274. The van der Waals surface area contributed by atoms with Gasteiger partial charge < -0.3 is 15.8 Å². The van der Waals surface area contributed by atoms with Crippen LogP contribution in [0.3, 0.4) is 0 Å². The van der Waals surface area contributed by atoms with E-state index < -0.39 is 0 Å². The molecule has 4 nitrogen and oxygen atoms in total. The van der Waals surface area contributed by atoms with Crippen molar-refractivity contribution in [3.05, 3.63) is 71.3 Å². The first-order valence-electron chi connectivity index (χ1n) is 7.33. The number of carbonyl (C=O) groups is 1. The lowest BCUT2D eigenvalue weighted by Crippen LogP contribution is -2.27. The van der Waals surface area contributed by atoms with E-state index in [0.717, 1.165) is 16.7 Å². The molecule has 0 fully saturated rings. The van der Waals surface area contributed by atoms with Gasteiger partial charge in [-0.15, -0.1) is 12.4 Å². The molecular weight excluding hydrogens is 312 g/mol. The number of methoxy groups -OCH3 is 1. The van der Waals surface area contributed by atoms with Crippen molar-refractivity contribution in [1.29, 1.82) is 0 Å². The lowest BCUT2D eigenvalue weighted by Gasteiger charge is -2.13. The summed E-state index contributed by atoms with van der Waals surface area (Å²) in [6, 6.07) is 17.3. The minimum Gasteiger partial charge on any atom is -0.380 e. The summed E-state index contributed by atoms with van der Waals surface area (Å²) >= 11 is 0. The smallest absolute Gasteiger partial charge is 0.222 e. The molecule has 2 aromatic rings. The molecule has 2 aromatic carbocycles. The monoisotopic (exact) mass is 334 g/mol. The summed E-state index contributed by atoms with van der Waals surface area (Å²) in [6.45, 7) is 1.02. The molecule has 124 valence electrons. The molecule has 5 heteroatoms. The normalized spacial score (nSPS) is 11.4. The van der Waals surface area contributed by atoms with Gasteiger partial charge in [0.1, 0.15) is 0 Å². The first-order valence-corrected chi connectivity index (χ1v) is 7.33. The highest BCUT2D eigenvalue weighted by atomic mass is 35.5. The number of halogens is 1. The van der Waals surface area contributed by atoms with Crippen molar-refractivity contribution in [1.82, 2.24) is 5.32 Å². The number of hydrogen-bond donors (Lipinski definition) is 2. The van der Waals surface area contributed by atoms with Crippen molar-refractivity contribution in [2.24, 2.45) is 5.73 Å². The molecule has 0 heterocycles. The van der Waals surface area contributed by atoms with E-state index in [1.165, 1.54) is 0 Å². The third-order valence-corrected chi connectivity index (χ3v) is 3.53. The van der Waals surface area contributed by atoms with E-state index in [-0.39, 0.29) is 30.8 Å². The molecule has 2 rings (SSSR count). The maximum Gasteiger partial charge on any atom is 0.222 e. The highest BCUT2D eigenvalue weighted by molar-refractivity contribution is 5.85. The zero-order valence-electron chi connectivity index (χ0n) is 13.2. The molecule has 0 aromatic heterocycles. The number of benzene rings is 2. The van der Waals surface area contributed by atoms with Crippen molar-refractivity contribution in [2.45, 2.75) is 25.6 Å². The third kappa shape index (κ3) is 6.02. The predicted molar refractivity (Wildman–Crippen MR) is 94.2 cm³/mol. The third-order valence-electron chi connectivity index (χ3n) is 3.53. The molecule has 23 heavy (non-hydrogen) atoms. The number of nitrogens with one attached hydrogen (secondary N) is 1. The summed E-state index contributed by atoms with van der Waals surface area (Å²) in [5, 5.41) is 2.92. The van der Waals surface area contributed by atoms with E-state index in [2.05, 4.69) is 5.32 Å². The number of amides is 1. The average Bonchev–Trinajstić information content (AvgIpc) is 2.55. The van der Waals surface area contributed by atoms with E-state index in [0.29, 0.717) is 13.2 Å². The fourth-order valence-electron chi connectivity index (χ4n) is 2.31. The maximum absolute atomic E-state index is 12.0. The fraction of sp³-hybridized carbons (Fsp3) is 0.278. The standard InChI is InChI=1S/C18H22N2O2.ClH/c1-22-13-16-10-6-5-9-15(16)12-20-18(21)11-17(19)14-7-3-2-4-8-14;/h2-10,17H,11-13,19H2,1H3,(H,20,21);1H. The molecule has 0 bridgehead atoms. The topological polar surface area (TPSA) is 64.3 Å². The number of rotatable bonds is 7. The van der Waals surface area contributed by atoms with Crippen molar-refractivity contribution in [3.63, 3.8) is 0 Å². The summed E-state index contributed by atoms with van der Waals surface area (Å²) in [4.78, 5) is 12.0. The van der Waals surface area contributed by atoms with E-state index in [9.17, 15) is 4.79 Å². The largest absolute Gasteiger partial charge is 0.380 e. The van der Waals surface area contributed by atoms with Gasteiger partial charge in [0.05, 0.1) is 6.61 Å². The van der Waals surface area contributed by atoms with Crippen LogP contribution in [0.5, 0.6) is 0 Å². The van der Waals surface area contributed by atoms with Gasteiger partial charge in [-0.25, -0.2) is 0 Å². The van der Waals surface area contributed by atoms with Crippen molar-refractivity contribution >= 4 is 18.3 Å². The van der Waals surface area contributed by atoms with Crippen molar-refractivity contribution in [2.75, 3.05) is 7.11 Å². The molecule has 0 aliphatic rings. The molecule has 1 atom stereocenters. The van der Waals surface area contributed by atoms with Crippen LogP contribution < -0.4 is 11.1 Å². The van der Waals surface area contributed by atoms with Gasteiger partial charge in [0.25, 0.3) is 0 Å². The predicted octanol–water partition coefficient (Wildman–Crippen LogP) is 2.96. The summed E-state index contributed by atoms with van der Waals surface area (Å²) in [7, 11) is 1.66. The van der Waals surface area contributed by atoms with E-state index in [4.69, 9.17) is 10.5 Å². The van der Waals surface area contributed by atoms with E-state index >= 15 is 0 Å². The minimum atomic E-state index is -0.282. The zero-order valence-corrected chi connectivity index (χ0v) is 14.0. The van der Waals surface area contributed by atoms with Gasteiger partial charge in [-0.3, -0.25) is 4.79 Å². The highest BCUT2D eigenvalue weighted by Crippen LogP contribution is 2.14. The molecular formula is C18H23ClN2O2. The Balaban J connectivity index is 0.00000264. The second-order valence-electron chi connectivity index (χ2n) is 5.20. The van der Waals surface area contributed by atoms with Gasteiger partial charge in [0.2, 0.25) is 5.91 Å². The van der Waals surface area contributed by atoms with Gasteiger partial charge in [-0.1, -0.05) is 54.6 Å². The van der Waals surface area contributed by atoms with Gasteiger partial charge in [-0.2, -0.15) is 0 Å². The number of carbonyl (C=O) groups excluding carboxylic acids is 1. The first-order chi connectivity index (χ1) is 10.7. The molecule has 3 N–H and O–H groups in total. The number of hydrogen-bond acceptors (Lipinski definition) is 3. The highest BCUT2D eigenvalue weighted by Gasteiger charge is 2.11. The quantitative estimate of drug-likeness (QED) is 0.818. The van der Waals surface area contributed by atoms with Crippen LogP contribution in [-0.2, 0) is 22.7 Å². The SMILES string of the molecule is COCc1ccccc1CNC(=O)CC(N)c1ccccc1.Cl. The summed E-state index contributed by atoms with van der Waals surface area (Å²) in [5.74, 6) is -0.0522. The van der Waals surface area contributed by atoms with Crippen LogP contribution in [0.2, 0.25) is 0 Å². The molecule has 0 spiro atoms. The van der Waals surface area contributed by atoms with Crippen LogP contribution >= 0.6 is 12.4 Å². The molecule has 1 amide bonds. The Bertz CT molecular complexity index is 605. The van der Waals surface area contributed by atoms with Crippen molar-refractivity contribution in [3.8, 4) is 0 Å². The Hall–Kier alpha value is -1.88. The lowest BCUT2D eigenvalue weighted by atomic mass is 10.0. The zero-order chi connectivity index (χ0) is 15.8. The number of nitrogens with two attached hydrogens (primary N) is 1. The molecule has 0 saturated heterocycles. The maximum atomic E-state index is 12.0. The molecule has 0 radical (unpaired) electrons.